The molecule has 2 saturated heterocycles. The van der Waals surface area contributed by atoms with Gasteiger partial charge in [-0.15, -0.1) is 10.1 Å². The molecular weight excluding hydrogens is 262 g/mol. The molecule has 2 aliphatic heterocycles. The third kappa shape index (κ3) is 2.97. The highest BCUT2D eigenvalue weighted by atomic mass is 17.2. The van der Waals surface area contributed by atoms with Gasteiger partial charge in [0.2, 0.25) is 0 Å². The molecule has 0 aromatic carbocycles. The van der Waals surface area contributed by atoms with Crippen molar-refractivity contribution in [1.29, 1.82) is 0 Å². The van der Waals surface area contributed by atoms with Gasteiger partial charge in [-0.05, 0) is 32.4 Å². The number of hydroxylamine groups is 2. The lowest BCUT2D eigenvalue weighted by molar-refractivity contribution is -0.435. The van der Waals surface area contributed by atoms with E-state index in [9.17, 15) is 5.11 Å². The summed E-state index contributed by atoms with van der Waals surface area (Å²) in [6.07, 6.45) is 2.31. The van der Waals surface area contributed by atoms with Gasteiger partial charge in [-0.2, -0.15) is 0 Å². The van der Waals surface area contributed by atoms with E-state index in [1.165, 1.54) is 5.06 Å². The maximum atomic E-state index is 10.00. The van der Waals surface area contributed by atoms with Crippen LogP contribution in [0.3, 0.4) is 0 Å². The number of nitrogens with zero attached hydrogens (tertiary/aromatic N) is 2. The van der Waals surface area contributed by atoms with Crippen molar-refractivity contribution in [2.24, 2.45) is 11.7 Å². The quantitative estimate of drug-likeness (QED) is 0.310. The minimum atomic E-state index is -0.956. The number of aliphatic hydroxyl groups excluding tert-OH is 1. The second-order valence-electron chi connectivity index (χ2n) is 5.64. The second kappa shape index (κ2) is 7.10. The van der Waals surface area contributed by atoms with Crippen LogP contribution >= 0.6 is 0 Å². The molecule has 5 atom stereocenters. The standard InChI is InChI=1S/C12H27N5O3/c1-3-4-8(5-6-13)10-14-7-9-11(15-10)16(2)12(18)17(9)20-19/h8-12,14-15,18-19H,3-7,13H2,1-2H3. The fourth-order valence-corrected chi connectivity index (χ4v) is 3.29. The molecule has 2 fully saturated rings. The number of fused-ring (bicyclic) bond motifs is 1. The van der Waals surface area contributed by atoms with Gasteiger partial charge < -0.3 is 10.8 Å². The predicted octanol–water partition coefficient (Wildman–Crippen LogP) is -1.11. The molecule has 2 aliphatic rings. The molecule has 0 radical (unpaired) electrons. The maximum absolute atomic E-state index is 10.00. The predicted molar refractivity (Wildman–Crippen MR) is 73.9 cm³/mol. The number of hydrogen-bond donors (Lipinski definition) is 5. The average molecular weight is 289 g/mol. The lowest BCUT2D eigenvalue weighted by Crippen LogP contribution is -2.66. The molecule has 5 unspecified atom stereocenters. The van der Waals surface area contributed by atoms with Crippen molar-refractivity contribution in [3.05, 3.63) is 0 Å². The van der Waals surface area contributed by atoms with Gasteiger partial charge in [-0.3, -0.25) is 10.6 Å². The van der Waals surface area contributed by atoms with Crippen LogP contribution in [-0.4, -0.2) is 65.2 Å². The molecule has 0 bridgehead atoms. The first-order chi connectivity index (χ1) is 9.63. The van der Waals surface area contributed by atoms with Crippen LogP contribution in [0.25, 0.3) is 0 Å². The van der Waals surface area contributed by atoms with Crippen molar-refractivity contribution in [3.8, 4) is 0 Å². The van der Waals surface area contributed by atoms with Crippen LogP contribution in [0, 0.1) is 5.92 Å². The number of rotatable bonds is 6. The van der Waals surface area contributed by atoms with E-state index in [-0.39, 0.29) is 18.4 Å². The normalized spacial score (nSPS) is 37.0. The molecule has 118 valence electrons. The first kappa shape index (κ1) is 16.1. The summed E-state index contributed by atoms with van der Waals surface area (Å²) in [4.78, 5) is 6.05. The first-order valence-corrected chi connectivity index (χ1v) is 7.33. The number of nitrogens with two attached hydrogens (primary N) is 1. The van der Waals surface area contributed by atoms with E-state index in [1.807, 2.05) is 0 Å². The molecule has 20 heavy (non-hydrogen) atoms. The largest absolute Gasteiger partial charge is 0.363 e. The van der Waals surface area contributed by atoms with Crippen LogP contribution < -0.4 is 16.4 Å². The summed E-state index contributed by atoms with van der Waals surface area (Å²) in [5, 5.41) is 27.0. The van der Waals surface area contributed by atoms with Crippen molar-refractivity contribution in [2.75, 3.05) is 20.1 Å². The van der Waals surface area contributed by atoms with Crippen molar-refractivity contribution in [3.63, 3.8) is 0 Å². The number of hydrogen-bond acceptors (Lipinski definition) is 8. The van der Waals surface area contributed by atoms with Crippen LogP contribution in [-0.2, 0) is 4.99 Å². The Morgan fingerprint density at radius 3 is 2.80 bits per heavy atom. The van der Waals surface area contributed by atoms with Crippen molar-refractivity contribution in [2.45, 2.75) is 50.9 Å². The SMILES string of the molecule is CCCC(CCN)C1NCC2C(N1)N(C)C(O)N2OO. The molecule has 6 N–H and O–H groups in total. The molecule has 0 saturated carbocycles. The smallest absolute Gasteiger partial charge is 0.192 e. The number of aliphatic hydroxyl groups is 1. The highest BCUT2D eigenvalue weighted by Crippen LogP contribution is 2.27. The molecule has 8 heteroatoms. The van der Waals surface area contributed by atoms with Crippen LogP contribution in [0.2, 0.25) is 0 Å². The summed E-state index contributed by atoms with van der Waals surface area (Å²) in [5.41, 5.74) is 5.70. The topological polar surface area (TPSA) is 106 Å². The minimum Gasteiger partial charge on any atom is -0.363 e. The summed E-state index contributed by atoms with van der Waals surface area (Å²) in [6.45, 7) is 3.47. The Morgan fingerprint density at radius 1 is 1.45 bits per heavy atom. The second-order valence-corrected chi connectivity index (χ2v) is 5.64. The van der Waals surface area contributed by atoms with E-state index < -0.39 is 6.35 Å². The highest BCUT2D eigenvalue weighted by Gasteiger charge is 2.49. The Morgan fingerprint density at radius 2 is 2.20 bits per heavy atom. The molecular formula is C12H27N5O3. The lowest BCUT2D eigenvalue weighted by atomic mass is 9.94. The average Bonchev–Trinajstić information content (AvgIpc) is 2.70. The van der Waals surface area contributed by atoms with Crippen LogP contribution in [0.5, 0.6) is 0 Å². The monoisotopic (exact) mass is 289 g/mol. The van der Waals surface area contributed by atoms with Gasteiger partial charge in [-0.1, -0.05) is 13.3 Å². The number of likely N-dealkylation sites (N-methyl/N-ethyl adjacent to an activating group) is 1. The zero-order valence-electron chi connectivity index (χ0n) is 12.2. The molecule has 0 spiro atoms. The minimum absolute atomic E-state index is 0.0690. The molecule has 0 amide bonds. The molecule has 8 nitrogen and oxygen atoms in total. The molecule has 2 heterocycles. The van der Waals surface area contributed by atoms with Gasteiger partial charge in [0.25, 0.3) is 0 Å². The zero-order chi connectivity index (χ0) is 14.7. The lowest BCUT2D eigenvalue weighted by Gasteiger charge is -2.40. The Kier molecular flexibility index (Phi) is 5.70. The van der Waals surface area contributed by atoms with Crippen molar-refractivity contribution >= 4 is 0 Å². The fraction of sp³-hybridized carbons (Fsp3) is 1.00. The number of nitrogens with one attached hydrogen (secondary N) is 2. The highest BCUT2D eigenvalue weighted by molar-refractivity contribution is 4.97. The van der Waals surface area contributed by atoms with Gasteiger partial charge in [0.1, 0.15) is 0 Å². The van der Waals surface area contributed by atoms with Crippen LogP contribution in [0.15, 0.2) is 0 Å². The third-order valence-electron chi connectivity index (χ3n) is 4.38. The van der Waals surface area contributed by atoms with Crippen molar-refractivity contribution < 1.29 is 15.4 Å². The summed E-state index contributed by atoms with van der Waals surface area (Å²) >= 11 is 0. The van der Waals surface area contributed by atoms with E-state index in [0.29, 0.717) is 19.0 Å². The fourth-order valence-electron chi connectivity index (χ4n) is 3.29. The van der Waals surface area contributed by atoms with Crippen molar-refractivity contribution in [1.82, 2.24) is 20.6 Å². The Balaban J connectivity index is 2.02. The molecule has 0 aromatic heterocycles. The van der Waals surface area contributed by atoms with Gasteiger partial charge in [0, 0.05) is 6.54 Å². The van der Waals surface area contributed by atoms with Gasteiger partial charge in [-0.25, -0.2) is 10.2 Å². The molecule has 0 aliphatic carbocycles. The summed E-state index contributed by atoms with van der Waals surface area (Å²) < 4.78 is 0. The Hall–Kier alpha value is -0.320. The molecule has 2 rings (SSSR count). The Bertz CT molecular complexity index is 303. The van der Waals surface area contributed by atoms with E-state index in [4.69, 9.17) is 11.0 Å². The van der Waals surface area contributed by atoms with E-state index in [0.717, 1.165) is 19.3 Å². The van der Waals surface area contributed by atoms with E-state index in [2.05, 4.69) is 22.5 Å². The van der Waals surface area contributed by atoms with Gasteiger partial charge in [0.15, 0.2) is 6.35 Å². The maximum Gasteiger partial charge on any atom is 0.192 e. The summed E-state index contributed by atoms with van der Waals surface area (Å²) in [6, 6.07) is -0.142. The summed E-state index contributed by atoms with van der Waals surface area (Å²) in [7, 11) is 1.80. The Labute approximate surface area is 119 Å². The van der Waals surface area contributed by atoms with Crippen LogP contribution in [0.1, 0.15) is 26.2 Å². The van der Waals surface area contributed by atoms with E-state index in [1.54, 1.807) is 11.9 Å². The van der Waals surface area contributed by atoms with Crippen LogP contribution in [0.4, 0.5) is 0 Å². The van der Waals surface area contributed by atoms with Gasteiger partial charge >= 0.3 is 0 Å². The zero-order valence-corrected chi connectivity index (χ0v) is 12.2. The third-order valence-corrected chi connectivity index (χ3v) is 4.38. The van der Waals surface area contributed by atoms with E-state index >= 15 is 0 Å². The van der Waals surface area contributed by atoms with Gasteiger partial charge in [0.05, 0.1) is 18.4 Å². The molecule has 0 aromatic rings. The first-order valence-electron chi connectivity index (χ1n) is 7.33. The summed E-state index contributed by atoms with van der Waals surface area (Å²) in [5.74, 6) is 0.459.